The number of nitrogens with zero attached hydrogens (tertiary/aromatic N) is 2. The van der Waals surface area contributed by atoms with Crippen LogP contribution < -0.4 is 0 Å². The van der Waals surface area contributed by atoms with Crippen molar-refractivity contribution in [1.29, 1.82) is 5.41 Å². The Hall–Kier alpha value is -2.23. The molecule has 1 aromatic carbocycles. The van der Waals surface area contributed by atoms with Gasteiger partial charge >= 0.3 is 0 Å². The van der Waals surface area contributed by atoms with Crippen LogP contribution in [0, 0.1) is 5.41 Å². The Balaban J connectivity index is 3.15. The lowest BCUT2D eigenvalue weighted by Crippen LogP contribution is -2.24. The van der Waals surface area contributed by atoms with E-state index in [4.69, 9.17) is 5.41 Å². The van der Waals surface area contributed by atoms with E-state index in [1.807, 2.05) is 37.3 Å². The van der Waals surface area contributed by atoms with Crippen molar-refractivity contribution in [2.24, 2.45) is 4.99 Å². The van der Waals surface area contributed by atoms with Gasteiger partial charge in [0.25, 0.3) is 0 Å². The highest BCUT2D eigenvalue weighted by atomic mass is 19.1. The van der Waals surface area contributed by atoms with Crippen LogP contribution in [0.4, 0.5) is 4.39 Å². The van der Waals surface area contributed by atoms with E-state index >= 15 is 0 Å². The number of benzene rings is 1. The average molecular weight is 259 g/mol. The molecule has 4 heteroatoms. The predicted octanol–water partition coefficient (Wildman–Crippen LogP) is 3.72. The van der Waals surface area contributed by atoms with Crippen molar-refractivity contribution in [1.82, 2.24) is 4.90 Å². The quantitative estimate of drug-likeness (QED) is 0.472. The molecule has 1 unspecified atom stereocenters. The topological polar surface area (TPSA) is 39.5 Å². The zero-order valence-corrected chi connectivity index (χ0v) is 11.2. The van der Waals surface area contributed by atoms with E-state index in [0.717, 1.165) is 11.8 Å². The minimum absolute atomic E-state index is 0.0691. The van der Waals surface area contributed by atoms with E-state index in [2.05, 4.69) is 18.3 Å². The van der Waals surface area contributed by atoms with Gasteiger partial charge in [-0.3, -0.25) is 0 Å². The summed E-state index contributed by atoms with van der Waals surface area (Å²) in [6.07, 6.45) is 1.01. The third-order valence-corrected chi connectivity index (χ3v) is 3.03. The van der Waals surface area contributed by atoms with Crippen LogP contribution in [-0.4, -0.2) is 24.9 Å². The first kappa shape index (κ1) is 14.8. The summed E-state index contributed by atoms with van der Waals surface area (Å²) in [4.78, 5) is 5.01. The van der Waals surface area contributed by atoms with E-state index in [0.29, 0.717) is 0 Å². The van der Waals surface area contributed by atoms with Gasteiger partial charge in [-0.2, -0.15) is 4.39 Å². The number of allylic oxidation sites excluding steroid dienone is 1. The van der Waals surface area contributed by atoms with E-state index in [1.54, 1.807) is 11.9 Å². The van der Waals surface area contributed by atoms with Gasteiger partial charge in [0.2, 0.25) is 5.95 Å². The summed E-state index contributed by atoms with van der Waals surface area (Å²) < 4.78 is 13.8. The molecule has 0 fully saturated rings. The van der Waals surface area contributed by atoms with Gasteiger partial charge in [-0.05, 0) is 19.2 Å². The first-order valence-electron chi connectivity index (χ1n) is 5.87. The monoisotopic (exact) mass is 259 g/mol. The van der Waals surface area contributed by atoms with Crippen LogP contribution in [-0.2, 0) is 0 Å². The van der Waals surface area contributed by atoms with Crippen LogP contribution in [0.5, 0.6) is 0 Å². The maximum absolute atomic E-state index is 13.8. The van der Waals surface area contributed by atoms with Crippen molar-refractivity contribution in [3.8, 4) is 0 Å². The maximum atomic E-state index is 13.8. The number of halogens is 1. The summed E-state index contributed by atoms with van der Waals surface area (Å²) in [6, 6.07) is 9.64. The Morgan fingerprint density at radius 1 is 1.42 bits per heavy atom. The van der Waals surface area contributed by atoms with Crippen LogP contribution >= 0.6 is 0 Å². The standard InChI is InChI=1S/C15H18FN3/c1-11(10-17)14(15(16)18-3)19(4)12(2)13-8-6-5-7-9-13/h5-10,12,17H,1,3H2,2,4H3/b15-14-,17-10?. The van der Waals surface area contributed by atoms with Gasteiger partial charge in [0.1, 0.15) is 5.70 Å². The highest BCUT2D eigenvalue weighted by Crippen LogP contribution is 2.27. The third kappa shape index (κ3) is 3.37. The van der Waals surface area contributed by atoms with E-state index in [1.165, 1.54) is 0 Å². The van der Waals surface area contributed by atoms with Crippen molar-refractivity contribution < 1.29 is 4.39 Å². The summed E-state index contributed by atoms with van der Waals surface area (Å²) in [6.45, 7) is 8.80. The van der Waals surface area contributed by atoms with Crippen molar-refractivity contribution in [3.63, 3.8) is 0 Å². The zero-order valence-electron chi connectivity index (χ0n) is 11.2. The SMILES string of the molecule is C=N/C(F)=C(/C(=C)C=N)N(C)C(C)c1ccccc1. The molecule has 0 spiro atoms. The van der Waals surface area contributed by atoms with Crippen LogP contribution in [0.3, 0.4) is 0 Å². The lowest BCUT2D eigenvalue weighted by molar-refractivity contribution is 0.325. The lowest BCUT2D eigenvalue weighted by Gasteiger charge is -2.29. The Bertz CT molecular complexity index is 505. The number of rotatable bonds is 6. The van der Waals surface area contributed by atoms with E-state index in [-0.39, 0.29) is 17.3 Å². The molecule has 1 rings (SSSR count). The first-order valence-corrected chi connectivity index (χ1v) is 5.87. The molecule has 0 saturated carbocycles. The fraction of sp³-hybridized carbons (Fsp3) is 0.200. The second kappa shape index (κ2) is 6.64. The molecule has 19 heavy (non-hydrogen) atoms. The van der Waals surface area contributed by atoms with Gasteiger partial charge < -0.3 is 10.3 Å². The Morgan fingerprint density at radius 2 is 2.00 bits per heavy atom. The Morgan fingerprint density at radius 3 is 2.47 bits per heavy atom. The maximum Gasteiger partial charge on any atom is 0.236 e. The molecule has 3 nitrogen and oxygen atoms in total. The molecule has 0 heterocycles. The molecule has 0 saturated heterocycles. The molecule has 0 aromatic heterocycles. The normalized spacial score (nSPS) is 13.2. The molecule has 0 aliphatic carbocycles. The van der Waals surface area contributed by atoms with Crippen LogP contribution in [0.2, 0.25) is 0 Å². The molecule has 100 valence electrons. The van der Waals surface area contributed by atoms with Gasteiger partial charge in [0.05, 0.1) is 6.04 Å². The summed E-state index contributed by atoms with van der Waals surface area (Å²) in [5, 5.41) is 7.23. The average Bonchev–Trinajstić information content (AvgIpc) is 2.46. The summed E-state index contributed by atoms with van der Waals surface area (Å²) in [5.41, 5.74) is 1.48. The number of aliphatic imine (C=N–C) groups is 1. The third-order valence-electron chi connectivity index (χ3n) is 3.03. The smallest absolute Gasteiger partial charge is 0.236 e. The molecule has 0 bridgehead atoms. The van der Waals surface area contributed by atoms with Gasteiger partial charge in [-0.1, -0.05) is 36.9 Å². The largest absolute Gasteiger partial charge is 0.364 e. The molecular formula is C15H18FN3. The fourth-order valence-electron chi connectivity index (χ4n) is 1.80. The van der Waals surface area contributed by atoms with Gasteiger partial charge in [-0.25, -0.2) is 4.99 Å². The molecule has 0 amide bonds. The summed E-state index contributed by atoms with van der Waals surface area (Å²) in [7, 11) is 1.74. The Labute approximate surface area is 113 Å². The van der Waals surface area contributed by atoms with Gasteiger partial charge in [0, 0.05) is 18.8 Å². The molecule has 1 N–H and O–H groups in total. The molecule has 1 atom stereocenters. The number of nitrogens with one attached hydrogen (secondary N) is 1. The van der Waals surface area contributed by atoms with Crippen LogP contribution in [0.15, 0.2) is 59.1 Å². The van der Waals surface area contributed by atoms with Crippen LogP contribution in [0.25, 0.3) is 0 Å². The minimum Gasteiger partial charge on any atom is -0.364 e. The molecule has 0 radical (unpaired) electrons. The number of hydrogen-bond acceptors (Lipinski definition) is 3. The second-order valence-electron chi connectivity index (χ2n) is 4.16. The summed E-state index contributed by atoms with van der Waals surface area (Å²) in [5.74, 6) is -0.723. The number of hydrogen-bond donors (Lipinski definition) is 1. The van der Waals surface area contributed by atoms with E-state index < -0.39 is 5.95 Å². The van der Waals surface area contributed by atoms with Gasteiger partial charge in [0.15, 0.2) is 0 Å². The summed E-state index contributed by atoms with van der Waals surface area (Å²) >= 11 is 0. The first-order chi connectivity index (χ1) is 9.02. The number of likely N-dealkylation sites (N-methyl/N-ethyl adjacent to an activating group) is 1. The zero-order chi connectivity index (χ0) is 14.4. The van der Waals surface area contributed by atoms with Crippen molar-refractivity contribution in [3.05, 3.63) is 59.7 Å². The lowest BCUT2D eigenvalue weighted by atomic mass is 10.1. The van der Waals surface area contributed by atoms with Crippen molar-refractivity contribution in [2.45, 2.75) is 13.0 Å². The molecular weight excluding hydrogens is 241 g/mol. The highest BCUT2D eigenvalue weighted by Gasteiger charge is 2.19. The predicted molar refractivity (Wildman–Crippen MR) is 78.2 cm³/mol. The minimum atomic E-state index is -0.723. The van der Waals surface area contributed by atoms with Crippen molar-refractivity contribution in [2.75, 3.05) is 7.05 Å². The van der Waals surface area contributed by atoms with Crippen LogP contribution in [0.1, 0.15) is 18.5 Å². The van der Waals surface area contributed by atoms with Crippen molar-refractivity contribution >= 4 is 12.9 Å². The molecule has 1 aromatic rings. The van der Waals surface area contributed by atoms with E-state index in [9.17, 15) is 4.39 Å². The van der Waals surface area contributed by atoms with Gasteiger partial charge in [-0.15, -0.1) is 0 Å². The molecule has 0 aliphatic rings. The Kier molecular flexibility index (Phi) is 5.18. The second-order valence-corrected chi connectivity index (χ2v) is 4.16. The molecule has 0 aliphatic heterocycles. The fourth-order valence-corrected chi connectivity index (χ4v) is 1.80. The highest BCUT2D eigenvalue weighted by molar-refractivity contribution is 5.81.